The highest BCUT2D eigenvalue weighted by Crippen LogP contribution is 2.22. The van der Waals surface area contributed by atoms with Gasteiger partial charge in [-0.25, -0.2) is 21.6 Å². The molecule has 0 radical (unpaired) electrons. The molecule has 1 unspecified atom stereocenters. The van der Waals surface area contributed by atoms with Crippen LogP contribution in [0.1, 0.15) is 39.2 Å². The molecular formula is C25H32F3N3O4S. The monoisotopic (exact) mass is 527 g/mol. The fourth-order valence-electron chi connectivity index (χ4n) is 3.49. The molecule has 2 aromatic rings. The number of hydrogen-bond donors (Lipinski definition) is 1. The lowest BCUT2D eigenvalue weighted by atomic mass is 10.1. The summed E-state index contributed by atoms with van der Waals surface area (Å²) in [6.07, 6.45) is 0.784. The first kappa shape index (κ1) is 29.2. The van der Waals surface area contributed by atoms with Crippen LogP contribution in [0.15, 0.2) is 42.5 Å². The van der Waals surface area contributed by atoms with Gasteiger partial charge in [-0.1, -0.05) is 32.0 Å². The largest absolute Gasteiger partial charge is 0.354 e. The van der Waals surface area contributed by atoms with Crippen molar-refractivity contribution >= 4 is 27.5 Å². The molecule has 1 atom stereocenters. The maximum atomic E-state index is 14.3. The molecule has 2 rings (SSSR count). The third kappa shape index (κ3) is 8.25. The summed E-state index contributed by atoms with van der Waals surface area (Å²) in [5, 5.41) is 2.76. The molecule has 36 heavy (non-hydrogen) atoms. The molecule has 11 heteroatoms. The molecule has 2 amide bonds. The van der Waals surface area contributed by atoms with Gasteiger partial charge in [0.25, 0.3) is 0 Å². The molecule has 0 fully saturated rings. The molecule has 0 aliphatic rings. The average Bonchev–Trinajstić information content (AvgIpc) is 2.80. The number of nitrogens with one attached hydrogen (secondary N) is 1. The normalized spacial score (nSPS) is 12.3. The first-order valence-electron chi connectivity index (χ1n) is 11.5. The van der Waals surface area contributed by atoms with Crippen molar-refractivity contribution in [2.45, 2.75) is 46.2 Å². The van der Waals surface area contributed by atoms with E-state index in [1.54, 1.807) is 13.0 Å². The van der Waals surface area contributed by atoms with E-state index >= 15 is 0 Å². The highest BCUT2D eigenvalue weighted by atomic mass is 32.2. The van der Waals surface area contributed by atoms with Crippen molar-refractivity contribution < 1.29 is 31.2 Å². The number of nitrogens with zero attached hydrogens (tertiary/aromatic N) is 2. The van der Waals surface area contributed by atoms with Crippen molar-refractivity contribution in [1.29, 1.82) is 0 Å². The summed E-state index contributed by atoms with van der Waals surface area (Å²) in [6, 6.07) is 7.72. The van der Waals surface area contributed by atoms with E-state index in [9.17, 15) is 31.2 Å². The van der Waals surface area contributed by atoms with Crippen molar-refractivity contribution in [3.63, 3.8) is 0 Å². The minimum atomic E-state index is -3.86. The Labute approximate surface area is 210 Å². The Balaban J connectivity index is 2.19. The second kappa shape index (κ2) is 12.8. The van der Waals surface area contributed by atoms with Crippen molar-refractivity contribution in [2.24, 2.45) is 5.92 Å². The van der Waals surface area contributed by atoms with Gasteiger partial charge < -0.3 is 10.2 Å². The average molecular weight is 528 g/mol. The number of hydrogen-bond acceptors (Lipinski definition) is 4. The maximum Gasteiger partial charge on any atom is 0.242 e. The van der Waals surface area contributed by atoms with Crippen LogP contribution in [0.5, 0.6) is 0 Å². The van der Waals surface area contributed by atoms with E-state index in [1.165, 1.54) is 23.1 Å². The first-order chi connectivity index (χ1) is 16.8. The van der Waals surface area contributed by atoms with Gasteiger partial charge >= 0.3 is 0 Å². The lowest BCUT2D eigenvalue weighted by molar-refractivity contribution is -0.140. The Kier molecular flexibility index (Phi) is 10.3. The molecule has 0 heterocycles. The molecule has 0 aromatic heterocycles. The van der Waals surface area contributed by atoms with Crippen LogP contribution in [0.4, 0.5) is 18.9 Å². The predicted octanol–water partition coefficient (Wildman–Crippen LogP) is 3.84. The molecule has 0 saturated carbocycles. The van der Waals surface area contributed by atoms with Crippen LogP contribution in [0.25, 0.3) is 0 Å². The van der Waals surface area contributed by atoms with Gasteiger partial charge in [0.1, 0.15) is 11.9 Å². The van der Waals surface area contributed by atoms with E-state index < -0.39 is 45.3 Å². The quantitative estimate of drug-likeness (QED) is 0.455. The van der Waals surface area contributed by atoms with E-state index in [0.29, 0.717) is 6.54 Å². The summed E-state index contributed by atoms with van der Waals surface area (Å²) < 4.78 is 66.7. The number of halogens is 3. The van der Waals surface area contributed by atoms with Crippen LogP contribution in [-0.4, -0.2) is 50.5 Å². The Hall–Kier alpha value is -3.08. The first-order valence-corrected chi connectivity index (χ1v) is 13.4. The van der Waals surface area contributed by atoms with Gasteiger partial charge in [0.05, 0.1) is 11.9 Å². The van der Waals surface area contributed by atoms with E-state index in [2.05, 4.69) is 5.32 Å². The topological polar surface area (TPSA) is 86.8 Å². The molecule has 198 valence electrons. The molecule has 7 nitrogen and oxygen atoms in total. The lowest BCUT2D eigenvalue weighted by Crippen LogP contribution is -2.48. The standard InChI is InChI=1S/C25H32F3N3O4S/c1-17(2)15-29-25(33)18(3)30(16-19-8-5-6-9-21(19)26)24(32)10-7-13-31(36(4,34)35)20-11-12-22(27)23(28)14-20/h5-6,8-9,11-12,14,17-18H,7,10,13,15-16H2,1-4H3,(H,29,33). The Morgan fingerprint density at radius 2 is 1.64 bits per heavy atom. The summed E-state index contributed by atoms with van der Waals surface area (Å²) in [7, 11) is -3.86. The summed E-state index contributed by atoms with van der Waals surface area (Å²) in [5.41, 5.74) is 0.155. The van der Waals surface area contributed by atoms with Crippen LogP contribution in [-0.2, 0) is 26.2 Å². The van der Waals surface area contributed by atoms with Crippen LogP contribution >= 0.6 is 0 Å². The van der Waals surface area contributed by atoms with E-state index in [1.807, 2.05) is 13.8 Å². The maximum absolute atomic E-state index is 14.3. The predicted molar refractivity (Wildman–Crippen MR) is 132 cm³/mol. The molecule has 0 aliphatic heterocycles. The Morgan fingerprint density at radius 1 is 0.972 bits per heavy atom. The van der Waals surface area contributed by atoms with E-state index in [4.69, 9.17) is 0 Å². The van der Waals surface area contributed by atoms with Gasteiger partial charge in [0.15, 0.2) is 11.6 Å². The molecule has 0 bridgehead atoms. The molecule has 0 saturated heterocycles. The van der Waals surface area contributed by atoms with Crippen molar-refractivity contribution in [3.8, 4) is 0 Å². The molecule has 2 aromatic carbocycles. The van der Waals surface area contributed by atoms with E-state index in [-0.39, 0.29) is 43.1 Å². The number of amides is 2. The van der Waals surface area contributed by atoms with Gasteiger partial charge in [-0.05, 0) is 37.5 Å². The highest BCUT2D eigenvalue weighted by Gasteiger charge is 2.27. The summed E-state index contributed by atoms with van der Waals surface area (Å²) in [4.78, 5) is 27.1. The molecule has 0 aliphatic carbocycles. The zero-order chi connectivity index (χ0) is 27.0. The number of carbonyl (C=O) groups is 2. The molecule has 0 spiro atoms. The number of rotatable bonds is 12. The second-order valence-corrected chi connectivity index (χ2v) is 10.9. The van der Waals surface area contributed by atoms with Crippen molar-refractivity contribution in [1.82, 2.24) is 10.2 Å². The van der Waals surface area contributed by atoms with Gasteiger partial charge in [-0.15, -0.1) is 0 Å². The molecular weight excluding hydrogens is 495 g/mol. The Bertz CT molecular complexity index is 1170. The van der Waals surface area contributed by atoms with E-state index in [0.717, 1.165) is 28.8 Å². The summed E-state index contributed by atoms with van der Waals surface area (Å²) in [5.74, 6) is -3.52. The number of sulfonamides is 1. The minimum absolute atomic E-state index is 0.0268. The van der Waals surface area contributed by atoms with Crippen LogP contribution in [0.2, 0.25) is 0 Å². The number of carbonyl (C=O) groups excluding carboxylic acids is 2. The second-order valence-electron chi connectivity index (χ2n) is 8.97. The van der Waals surface area contributed by atoms with Gasteiger partial charge in [-0.3, -0.25) is 13.9 Å². The van der Waals surface area contributed by atoms with Gasteiger partial charge in [0, 0.05) is 37.7 Å². The van der Waals surface area contributed by atoms with Crippen LogP contribution < -0.4 is 9.62 Å². The molecule has 1 N–H and O–H groups in total. The third-order valence-electron chi connectivity index (χ3n) is 5.49. The minimum Gasteiger partial charge on any atom is -0.354 e. The SMILES string of the molecule is CC(C)CNC(=O)C(C)N(Cc1ccccc1F)C(=O)CCCN(c1ccc(F)c(F)c1)S(C)(=O)=O. The highest BCUT2D eigenvalue weighted by molar-refractivity contribution is 7.92. The number of benzene rings is 2. The van der Waals surface area contributed by atoms with Crippen LogP contribution in [0, 0.1) is 23.4 Å². The van der Waals surface area contributed by atoms with Crippen molar-refractivity contribution in [3.05, 3.63) is 65.5 Å². The fraction of sp³-hybridized carbons (Fsp3) is 0.440. The third-order valence-corrected chi connectivity index (χ3v) is 6.69. The number of anilines is 1. The van der Waals surface area contributed by atoms with Gasteiger partial charge in [-0.2, -0.15) is 0 Å². The fourth-order valence-corrected chi connectivity index (χ4v) is 4.45. The summed E-state index contributed by atoms with van der Waals surface area (Å²) in [6.45, 7) is 5.46. The van der Waals surface area contributed by atoms with Crippen LogP contribution in [0.3, 0.4) is 0 Å². The Morgan fingerprint density at radius 3 is 2.22 bits per heavy atom. The van der Waals surface area contributed by atoms with Gasteiger partial charge in [0.2, 0.25) is 21.8 Å². The zero-order valence-electron chi connectivity index (χ0n) is 20.8. The van der Waals surface area contributed by atoms with Crippen molar-refractivity contribution in [2.75, 3.05) is 23.7 Å². The summed E-state index contributed by atoms with van der Waals surface area (Å²) >= 11 is 0. The smallest absolute Gasteiger partial charge is 0.242 e. The lowest BCUT2D eigenvalue weighted by Gasteiger charge is -2.29. The zero-order valence-corrected chi connectivity index (χ0v) is 21.6.